The van der Waals surface area contributed by atoms with Crippen LogP contribution < -0.4 is 5.30 Å². The van der Waals surface area contributed by atoms with Crippen LogP contribution in [0.1, 0.15) is 131 Å². The fraction of sp³-hybridized carbons (Fsp3) is 0.647. The minimum absolute atomic E-state index is 0.0907. The maximum absolute atomic E-state index is 14.0. The van der Waals surface area contributed by atoms with Gasteiger partial charge in [0.15, 0.2) is 0 Å². The Bertz CT molecular complexity index is 1160. The van der Waals surface area contributed by atoms with Crippen molar-refractivity contribution in [2.45, 2.75) is 135 Å². The molecule has 38 heavy (non-hydrogen) atoms. The van der Waals surface area contributed by atoms with Crippen LogP contribution in [-0.2, 0) is 21.8 Å². The van der Waals surface area contributed by atoms with Gasteiger partial charge in [0.1, 0.15) is 11.0 Å². The Morgan fingerprint density at radius 1 is 0.789 bits per heavy atom. The monoisotopic (exact) mass is 555 g/mol. The molecule has 0 saturated heterocycles. The summed E-state index contributed by atoms with van der Waals surface area (Å²) in [5, 5.41) is 1.71. The Balaban J connectivity index is 2.35. The molecular formula is C34H54NOPS. The van der Waals surface area contributed by atoms with Crippen molar-refractivity contribution < 1.29 is 4.21 Å². The molecule has 0 aliphatic heterocycles. The molecule has 0 aromatic heterocycles. The lowest BCUT2D eigenvalue weighted by Gasteiger charge is -2.45. The van der Waals surface area contributed by atoms with E-state index in [-0.39, 0.29) is 31.9 Å². The molecule has 0 saturated carbocycles. The van der Waals surface area contributed by atoms with E-state index in [1.54, 1.807) is 0 Å². The summed E-state index contributed by atoms with van der Waals surface area (Å²) >= 11 is 0. The van der Waals surface area contributed by atoms with Gasteiger partial charge in [-0.15, -0.1) is 0 Å². The molecule has 0 heterocycles. The molecule has 2 aromatic carbocycles. The lowest BCUT2D eigenvalue weighted by molar-refractivity contribution is 0.330. The van der Waals surface area contributed by atoms with Gasteiger partial charge in [-0.3, -0.25) is 0 Å². The van der Waals surface area contributed by atoms with E-state index in [0.29, 0.717) is 0 Å². The molecule has 0 spiro atoms. The van der Waals surface area contributed by atoms with Crippen molar-refractivity contribution in [3.63, 3.8) is 0 Å². The third-order valence-corrected chi connectivity index (χ3v) is 13.5. The number of hydrogen-bond donors (Lipinski definition) is 0. The molecule has 3 rings (SSSR count). The van der Waals surface area contributed by atoms with Crippen LogP contribution in [-0.4, -0.2) is 30.6 Å². The van der Waals surface area contributed by atoms with Gasteiger partial charge in [-0.05, 0) is 82.3 Å². The number of fused-ring (bicyclic) bond motifs is 1. The predicted molar refractivity (Wildman–Crippen MR) is 172 cm³/mol. The molecule has 0 radical (unpaired) electrons. The van der Waals surface area contributed by atoms with Gasteiger partial charge in [0.05, 0.1) is 10.8 Å². The van der Waals surface area contributed by atoms with Gasteiger partial charge in [0.2, 0.25) is 0 Å². The van der Waals surface area contributed by atoms with E-state index >= 15 is 0 Å². The van der Waals surface area contributed by atoms with Gasteiger partial charge >= 0.3 is 0 Å². The Morgan fingerprint density at radius 2 is 1.29 bits per heavy atom. The van der Waals surface area contributed by atoms with Crippen LogP contribution in [0, 0.1) is 0 Å². The highest BCUT2D eigenvalue weighted by molar-refractivity contribution is 7.84. The summed E-state index contributed by atoms with van der Waals surface area (Å²) in [5.74, 6) is 0. The normalized spacial score (nSPS) is 19.4. The first kappa shape index (κ1) is 31.5. The summed E-state index contributed by atoms with van der Waals surface area (Å²) in [6.07, 6.45) is 2.38. The molecule has 1 unspecified atom stereocenters. The summed E-state index contributed by atoms with van der Waals surface area (Å²) in [7, 11) is 0.368. The predicted octanol–water partition coefficient (Wildman–Crippen LogP) is 9.22. The minimum Gasteiger partial charge on any atom is -0.242 e. The Hall–Kier alpha value is -1.02. The second kappa shape index (κ2) is 10.4. The molecule has 2 atom stereocenters. The van der Waals surface area contributed by atoms with Crippen LogP contribution in [0.25, 0.3) is 0 Å². The zero-order chi connectivity index (χ0) is 29.1. The van der Waals surface area contributed by atoms with Crippen molar-refractivity contribution in [1.29, 1.82) is 0 Å². The topological polar surface area (TPSA) is 20.3 Å². The molecule has 4 heteroatoms. The largest absolute Gasteiger partial charge is 0.242 e. The van der Waals surface area contributed by atoms with Gasteiger partial charge in [-0.25, -0.2) is 8.51 Å². The van der Waals surface area contributed by atoms with E-state index in [9.17, 15) is 4.21 Å². The average molecular weight is 556 g/mol. The molecule has 0 N–H and O–H groups in total. The van der Waals surface area contributed by atoms with Gasteiger partial charge in [-0.1, -0.05) is 120 Å². The lowest BCUT2D eigenvalue weighted by Crippen LogP contribution is -2.41. The molecule has 0 bridgehead atoms. The third kappa shape index (κ3) is 6.31. The highest BCUT2D eigenvalue weighted by Gasteiger charge is 2.41. The maximum atomic E-state index is 14.0. The van der Waals surface area contributed by atoms with Crippen LogP contribution in [0.3, 0.4) is 0 Å². The van der Waals surface area contributed by atoms with Crippen LogP contribution >= 0.6 is 7.92 Å². The molecule has 1 aliphatic carbocycles. The van der Waals surface area contributed by atoms with Crippen LogP contribution in [0.15, 0.2) is 42.5 Å². The van der Waals surface area contributed by atoms with E-state index < -0.39 is 18.9 Å². The summed E-state index contributed by atoms with van der Waals surface area (Å²) in [6.45, 7) is 30.1. The standard InChI is InChI=1S/C34H54NOPS/c1-30(2,3)37(31(4,5)6)28-18-16-15-17-25(28)29(35(14)38(36)32(7,8)9)24-19-20-26-27(23-24)34(12,13)22-21-33(26,10)11/h15-20,23,29H,21-22H2,1-14H3/t29-,38?/m0/s1. The van der Waals surface area contributed by atoms with E-state index in [1.165, 1.54) is 40.4 Å². The lowest BCUT2D eigenvalue weighted by atomic mass is 9.63. The second-order valence-corrected chi connectivity index (χ2v) is 21.8. The minimum atomic E-state index is -1.17. The van der Waals surface area contributed by atoms with Crippen molar-refractivity contribution in [2.75, 3.05) is 7.05 Å². The molecule has 2 aromatic rings. The zero-order valence-electron chi connectivity index (χ0n) is 26.7. The molecule has 1 aliphatic rings. The van der Waals surface area contributed by atoms with E-state index in [4.69, 9.17) is 0 Å². The maximum Gasteiger partial charge on any atom is 0.100 e. The molecular weight excluding hydrogens is 501 g/mol. The summed E-state index contributed by atoms with van der Waals surface area (Å²) in [5.41, 5.74) is 5.77. The Morgan fingerprint density at radius 3 is 1.79 bits per heavy atom. The first-order valence-electron chi connectivity index (χ1n) is 14.3. The first-order chi connectivity index (χ1) is 17.1. The van der Waals surface area contributed by atoms with Crippen molar-refractivity contribution in [3.05, 3.63) is 64.7 Å². The number of benzene rings is 2. The van der Waals surface area contributed by atoms with Crippen molar-refractivity contribution in [3.8, 4) is 0 Å². The van der Waals surface area contributed by atoms with Crippen LogP contribution in [0.5, 0.6) is 0 Å². The fourth-order valence-corrected chi connectivity index (χ4v) is 12.0. The smallest absolute Gasteiger partial charge is 0.100 e. The molecule has 0 amide bonds. The fourth-order valence-electron chi connectivity index (χ4n) is 6.54. The number of nitrogens with zero attached hydrogens (tertiary/aromatic N) is 1. The first-order valence-corrected chi connectivity index (χ1v) is 16.7. The summed E-state index contributed by atoms with van der Waals surface area (Å²) < 4.78 is 15.8. The molecule has 0 fully saturated rings. The van der Waals surface area contributed by atoms with Gasteiger partial charge in [0.25, 0.3) is 0 Å². The van der Waals surface area contributed by atoms with E-state index in [1.807, 2.05) is 0 Å². The molecule has 2 nitrogen and oxygen atoms in total. The van der Waals surface area contributed by atoms with E-state index in [0.717, 1.165) is 0 Å². The van der Waals surface area contributed by atoms with Crippen molar-refractivity contribution >= 4 is 24.2 Å². The Kier molecular flexibility index (Phi) is 8.64. The van der Waals surface area contributed by atoms with Crippen LogP contribution in [0.4, 0.5) is 0 Å². The van der Waals surface area contributed by atoms with E-state index in [2.05, 4.69) is 144 Å². The third-order valence-electron chi connectivity index (χ3n) is 8.16. The quantitative estimate of drug-likeness (QED) is 0.337. The zero-order valence-corrected chi connectivity index (χ0v) is 28.5. The number of hydrogen-bond acceptors (Lipinski definition) is 1. The molecule has 212 valence electrons. The number of rotatable bonds is 5. The van der Waals surface area contributed by atoms with Crippen molar-refractivity contribution in [2.24, 2.45) is 0 Å². The highest BCUT2D eigenvalue weighted by atomic mass is 32.2. The van der Waals surface area contributed by atoms with Gasteiger partial charge in [-0.2, -0.15) is 0 Å². The van der Waals surface area contributed by atoms with Crippen molar-refractivity contribution in [1.82, 2.24) is 4.31 Å². The summed E-state index contributed by atoms with van der Waals surface area (Å²) in [4.78, 5) is 0. The highest BCUT2D eigenvalue weighted by Crippen LogP contribution is 2.59. The van der Waals surface area contributed by atoms with Crippen LogP contribution in [0.2, 0.25) is 0 Å². The van der Waals surface area contributed by atoms with Gasteiger partial charge in [0, 0.05) is 7.05 Å². The van der Waals surface area contributed by atoms with Gasteiger partial charge < -0.3 is 0 Å². The SMILES string of the molecule is CN([C@@H](c1ccc2c(c1)C(C)(C)CCC2(C)C)c1ccccc1P(C(C)(C)C)C(C)(C)C)S(=O)C(C)(C)C. The summed E-state index contributed by atoms with van der Waals surface area (Å²) in [6, 6.07) is 16.1. The second-order valence-electron chi connectivity index (χ2n) is 15.6. The average Bonchev–Trinajstić information content (AvgIpc) is 2.75. The Labute approximate surface area is 238 Å².